The molecule has 0 spiro atoms. The summed E-state index contributed by atoms with van der Waals surface area (Å²) in [6.07, 6.45) is 4.55. The molecule has 8 aromatic heterocycles. The number of nitrogens with one attached hydrogen (secondary N) is 2. The second-order valence-electron chi connectivity index (χ2n) is 35.1. The standard InChI is InChI=1S/2C19H17N3O2.C18H16N4O2.C14H13FN2O2.2C14H15N3O2.C14H14N2O2/c2*23-19-17-13-18(24-14-15-7-3-1-4-8-15)20-22(17)12-11-21(19)16-9-5-2-6-10-16;23-18-15-12-17(24-13-14-6-2-1-3-7-14)20-22(15)11-10-21(18)16-8-4-5-9-19-16;15-11-4-1-3-10(7-11)9-19-14-8-12-13(18)5-2-6-17(12)16-14;1-10-8-17-12(14(18)15-10)7-13(16-17)19-9-11-5-3-2-4-6-11;1-10-8-15-14(18)12-7-13(16-17(10)12)19-9-11-5-3-2-4-6-11;17-13-7-4-8-16-12(13)9-14(15-16)18-10-11-5-2-1-3-6-11/h2*1-10,13H,11-12,14H2;1-9,12H,10-11,13H2;1,3-4,7-8H,2,5-6,9H2;2*2-7,10H,8-9H2,1H3,(H,15,18);1-3,5-6,9H,4,7-8,10H2/t;;;;10-;;/m....1../s1. The Morgan fingerprint density at radius 2 is 0.612 bits per heavy atom. The minimum Gasteiger partial charge on any atom is -0.472 e. The summed E-state index contributed by atoms with van der Waals surface area (Å²) in [5, 5.41) is 36.0. The number of amides is 5. The molecule has 0 radical (unpaired) electrons. The van der Waals surface area contributed by atoms with E-state index in [0.29, 0.717) is 192 Å². The molecule has 2 atom stereocenters. The maximum Gasteiger partial charge on any atom is 0.277 e. The molecule has 17 aromatic rings. The van der Waals surface area contributed by atoms with E-state index < -0.39 is 0 Å². The zero-order valence-corrected chi connectivity index (χ0v) is 80.9. The van der Waals surface area contributed by atoms with Gasteiger partial charge < -0.3 is 53.6 Å². The highest BCUT2D eigenvalue weighted by molar-refractivity contribution is 6.07. The first kappa shape index (κ1) is 99.0. The number of hydrogen-bond donors (Lipinski definition) is 2. The van der Waals surface area contributed by atoms with E-state index in [1.165, 1.54) is 12.1 Å². The SMILES string of the molecule is CC1CNC(=O)c2cc(OCc3ccccc3)nn21.C[C@@H]1Cn2nc(OCc3ccccc3)cc2C(=O)N1.O=C1CCCn2nc(OCc3cccc(F)c3)cc21.O=C1CCCn2nc(OCc3ccccc3)cc21.O=C1c2cc(OCc3ccccc3)nn2CCN1c1ccccc1.O=C1c2cc(OCc3ccccc3)nn2CCN1c1ccccc1.O=C1c2cc(OCc3ccccc3)nn2CCN1c1ccccn1. The molecule has 24 rings (SSSR count). The van der Waals surface area contributed by atoms with Gasteiger partial charge in [-0.1, -0.05) is 237 Å². The minimum absolute atomic E-state index is 0.0467. The van der Waals surface area contributed by atoms with Gasteiger partial charge in [-0.05, 0) is 114 Å². The van der Waals surface area contributed by atoms with Gasteiger partial charge in [0.15, 0.2) is 11.6 Å². The molecule has 0 bridgehead atoms. The summed E-state index contributed by atoms with van der Waals surface area (Å²) < 4.78 is 64.5. The molecule has 147 heavy (non-hydrogen) atoms. The van der Waals surface area contributed by atoms with Gasteiger partial charge in [-0.25, -0.2) is 9.37 Å². The van der Waals surface area contributed by atoms with Crippen molar-refractivity contribution in [1.29, 1.82) is 0 Å². The van der Waals surface area contributed by atoms with Gasteiger partial charge in [-0.2, -0.15) is 0 Å². The van der Waals surface area contributed by atoms with Gasteiger partial charge in [-0.3, -0.25) is 71.2 Å². The zero-order chi connectivity index (χ0) is 101. The Labute approximate surface area is 846 Å². The van der Waals surface area contributed by atoms with Crippen LogP contribution in [0.1, 0.15) is 158 Å². The number of ether oxygens (including phenoxy) is 7. The topological polar surface area (TPSA) is 356 Å². The number of rotatable bonds is 24. The second-order valence-corrected chi connectivity index (χ2v) is 35.1. The Hall–Kier alpha value is -18.2. The first-order valence-corrected chi connectivity index (χ1v) is 48.5. The third-order valence-electron chi connectivity index (χ3n) is 24.4. The Morgan fingerprint density at radius 3 is 0.973 bits per heavy atom. The van der Waals surface area contributed by atoms with Gasteiger partial charge in [0.05, 0.1) is 32.2 Å². The van der Waals surface area contributed by atoms with Gasteiger partial charge >= 0.3 is 0 Å². The van der Waals surface area contributed by atoms with E-state index >= 15 is 0 Å². The van der Waals surface area contributed by atoms with Crippen molar-refractivity contribution < 1.29 is 71.1 Å². The van der Waals surface area contributed by atoms with E-state index in [0.717, 1.165) is 76.3 Å². The van der Waals surface area contributed by atoms with Crippen LogP contribution in [-0.2, 0) is 85.5 Å². The Morgan fingerprint density at radius 1 is 0.299 bits per heavy atom. The van der Waals surface area contributed by atoms with Gasteiger partial charge in [0, 0.05) is 118 Å². The van der Waals surface area contributed by atoms with E-state index in [1.54, 1.807) is 108 Å². The molecule has 7 aliphatic heterocycles. The number of carbonyl (C=O) groups excluding carboxylic acids is 7. The summed E-state index contributed by atoms with van der Waals surface area (Å²) in [6, 6.07) is 103. The number of halogens is 1. The minimum atomic E-state index is -0.291. The number of ketones is 2. The van der Waals surface area contributed by atoms with Gasteiger partial charge in [-0.15, -0.1) is 35.7 Å². The van der Waals surface area contributed by atoms with Crippen LogP contribution in [0.25, 0.3) is 0 Å². The van der Waals surface area contributed by atoms with Crippen molar-refractivity contribution in [3.63, 3.8) is 0 Å². The molecule has 34 nitrogen and oxygen atoms in total. The van der Waals surface area contributed by atoms with Crippen molar-refractivity contribution in [2.24, 2.45) is 0 Å². The quantitative estimate of drug-likeness (QED) is 0.0567. The average Bonchev–Trinajstić information content (AvgIpc) is 1.51. The first-order chi connectivity index (χ1) is 71.9. The number of Topliss-reactive ketones (excluding diaryl/α,β-unsaturated/α-hetero) is 2. The van der Waals surface area contributed by atoms with Crippen LogP contribution in [0.5, 0.6) is 41.2 Å². The largest absolute Gasteiger partial charge is 0.472 e. The zero-order valence-electron chi connectivity index (χ0n) is 80.9. The van der Waals surface area contributed by atoms with Crippen LogP contribution in [0, 0.1) is 5.82 Å². The molecule has 7 aliphatic rings. The molecule has 1 unspecified atom stereocenters. The first-order valence-electron chi connectivity index (χ1n) is 48.5. The average molecular weight is 1980 g/mol. The lowest BCUT2D eigenvalue weighted by molar-refractivity contribution is 0.0896. The monoisotopic (exact) mass is 1970 g/mol. The molecule has 0 saturated carbocycles. The van der Waals surface area contributed by atoms with E-state index in [1.807, 2.05) is 275 Å². The van der Waals surface area contributed by atoms with Crippen LogP contribution < -0.4 is 58.5 Å². The number of fused-ring (bicyclic) bond motifs is 7. The maximum absolute atomic E-state index is 13.0. The lowest BCUT2D eigenvalue weighted by Gasteiger charge is -2.27. The van der Waals surface area contributed by atoms with E-state index in [9.17, 15) is 38.0 Å². The summed E-state index contributed by atoms with van der Waals surface area (Å²) in [5.41, 5.74) is 13.0. The van der Waals surface area contributed by atoms with Crippen molar-refractivity contribution >= 4 is 58.3 Å². The van der Waals surface area contributed by atoms with E-state index in [-0.39, 0.29) is 65.6 Å². The number of para-hydroxylation sites is 2. The number of benzene rings is 9. The molecule has 15 heterocycles. The van der Waals surface area contributed by atoms with Crippen molar-refractivity contribution in [3.8, 4) is 41.2 Å². The van der Waals surface area contributed by atoms with Crippen LogP contribution in [0.2, 0.25) is 0 Å². The third kappa shape index (κ3) is 26.0. The third-order valence-corrected chi connectivity index (χ3v) is 24.4. The van der Waals surface area contributed by atoms with Crippen LogP contribution in [0.15, 0.2) is 334 Å². The van der Waals surface area contributed by atoms with Crippen LogP contribution in [0.3, 0.4) is 0 Å². The van der Waals surface area contributed by atoms with Crippen LogP contribution in [-0.4, -0.2) is 147 Å². The number of pyridine rings is 1. The highest BCUT2D eigenvalue weighted by atomic mass is 19.1. The summed E-state index contributed by atoms with van der Waals surface area (Å²) in [5.74, 6) is 3.57. The van der Waals surface area contributed by atoms with Crippen molar-refractivity contribution in [2.75, 3.05) is 40.9 Å². The van der Waals surface area contributed by atoms with Crippen LogP contribution in [0.4, 0.5) is 21.6 Å². The summed E-state index contributed by atoms with van der Waals surface area (Å²) in [4.78, 5) is 94.3. The molecule has 0 saturated heterocycles. The van der Waals surface area contributed by atoms with Gasteiger partial charge in [0.25, 0.3) is 29.5 Å². The molecule has 746 valence electrons. The maximum atomic E-state index is 13.0. The summed E-state index contributed by atoms with van der Waals surface area (Å²) in [7, 11) is 0. The highest BCUT2D eigenvalue weighted by Crippen LogP contribution is 2.31. The number of nitrogens with zero attached hydrogens (tertiary/aromatic N) is 18. The predicted molar refractivity (Wildman–Crippen MR) is 544 cm³/mol. The molecule has 5 amide bonds. The summed E-state index contributed by atoms with van der Waals surface area (Å²) in [6.45, 7) is 13.4. The number of aryl methyl sites for hydroxylation is 2. The number of aromatic nitrogens is 15. The van der Waals surface area contributed by atoms with Crippen LogP contribution >= 0.6 is 0 Å². The smallest absolute Gasteiger partial charge is 0.277 e. The molecule has 35 heteroatoms. The number of carbonyl (C=O) groups is 7. The highest BCUT2D eigenvalue weighted by Gasteiger charge is 2.34. The molecular weight excluding hydrogens is 1870 g/mol. The number of hydrogen-bond acceptors (Lipinski definition) is 22. The molecule has 2 N–H and O–H groups in total. The molecule has 0 fully saturated rings. The Kier molecular flexibility index (Phi) is 32.4. The van der Waals surface area contributed by atoms with Gasteiger partial charge in [0.2, 0.25) is 41.2 Å². The lowest BCUT2D eigenvalue weighted by atomic mass is 10.1. The Bertz CT molecular complexity index is 6970. The fourth-order valence-electron chi connectivity index (χ4n) is 16.8. The fourth-order valence-corrected chi connectivity index (χ4v) is 16.8. The van der Waals surface area contributed by atoms with Crippen molar-refractivity contribution in [1.82, 2.24) is 84.1 Å². The van der Waals surface area contributed by atoms with Crippen molar-refractivity contribution in [3.05, 3.63) is 418 Å². The second kappa shape index (κ2) is 48.1. The Balaban J connectivity index is 0.000000113. The van der Waals surface area contributed by atoms with E-state index in [2.05, 4.69) is 51.3 Å². The lowest BCUT2D eigenvalue weighted by Crippen LogP contribution is -2.42. The summed E-state index contributed by atoms with van der Waals surface area (Å²) >= 11 is 0. The normalized spacial score (nSPS) is 14.9. The molecule has 9 aromatic carbocycles. The van der Waals surface area contributed by atoms with E-state index in [4.69, 9.17) is 33.2 Å². The molecular formula is C112H107FN20O14. The molecule has 0 aliphatic carbocycles. The predicted octanol–water partition coefficient (Wildman–Crippen LogP) is 17.1. The number of anilines is 3. The van der Waals surface area contributed by atoms with Crippen molar-refractivity contribution in [2.45, 2.75) is 137 Å². The van der Waals surface area contributed by atoms with Gasteiger partial charge in [0.1, 0.15) is 97.7 Å². The fraction of sp³-hybridized carbons (Fsp3) is 0.223.